The maximum atomic E-state index is 11.9. The second kappa shape index (κ2) is 5.00. The first-order chi connectivity index (χ1) is 7.40. The lowest BCUT2D eigenvalue weighted by atomic mass is 10.4. The Morgan fingerprint density at radius 1 is 1.38 bits per heavy atom. The van der Waals surface area contributed by atoms with Gasteiger partial charge in [-0.2, -0.15) is 18.2 Å². The summed E-state index contributed by atoms with van der Waals surface area (Å²) < 4.78 is 40.5. The third kappa shape index (κ3) is 4.33. The SMILES string of the molecule is CNc1cc(OCCC(F)(F)F)nc(C)n1. The van der Waals surface area contributed by atoms with Gasteiger partial charge in [-0.1, -0.05) is 0 Å². The topological polar surface area (TPSA) is 47.0 Å². The number of aryl methyl sites for hydroxylation is 1. The van der Waals surface area contributed by atoms with Gasteiger partial charge in [-0.15, -0.1) is 0 Å². The summed E-state index contributed by atoms with van der Waals surface area (Å²) in [7, 11) is 1.65. The predicted octanol–water partition coefficient (Wildman–Crippen LogP) is 2.16. The summed E-state index contributed by atoms with van der Waals surface area (Å²) in [5, 5.41) is 2.76. The van der Waals surface area contributed by atoms with E-state index in [9.17, 15) is 13.2 Å². The second-order valence-corrected chi connectivity index (χ2v) is 3.10. The fourth-order valence-electron chi connectivity index (χ4n) is 1.01. The molecule has 0 aliphatic heterocycles. The second-order valence-electron chi connectivity index (χ2n) is 3.10. The lowest BCUT2D eigenvalue weighted by molar-refractivity contribution is -0.139. The van der Waals surface area contributed by atoms with Crippen molar-refractivity contribution >= 4 is 5.82 Å². The molecule has 0 aromatic carbocycles. The fraction of sp³-hybridized carbons (Fsp3) is 0.556. The number of rotatable bonds is 4. The van der Waals surface area contributed by atoms with E-state index in [2.05, 4.69) is 15.3 Å². The van der Waals surface area contributed by atoms with Gasteiger partial charge in [0, 0.05) is 13.1 Å². The van der Waals surface area contributed by atoms with Crippen LogP contribution in [0.2, 0.25) is 0 Å². The number of alkyl halides is 3. The van der Waals surface area contributed by atoms with Crippen LogP contribution < -0.4 is 10.1 Å². The van der Waals surface area contributed by atoms with Crippen LogP contribution in [0.4, 0.5) is 19.0 Å². The summed E-state index contributed by atoms with van der Waals surface area (Å²) in [5.41, 5.74) is 0. The molecule has 1 aromatic heterocycles. The van der Waals surface area contributed by atoms with Crippen LogP contribution in [0.1, 0.15) is 12.2 Å². The lowest BCUT2D eigenvalue weighted by Crippen LogP contribution is -2.13. The maximum Gasteiger partial charge on any atom is 0.392 e. The number of hydrogen-bond acceptors (Lipinski definition) is 4. The van der Waals surface area contributed by atoms with Crippen LogP contribution in [0.15, 0.2) is 6.07 Å². The zero-order valence-electron chi connectivity index (χ0n) is 8.93. The molecule has 0 aliphatic carbocycles. The summed E-state index contributed by atoms with van der Waals surface area (Å²) in [6.45, 7) is 1.20. The summed E-state index contributed by atoms with van der Waals surface area (Å²) >= 11 is 0. The van der Waals surface area contributed by atoms with Crippen LogP contribution in [0.3, 0.4) is 0 Å². The third-order valence-electron chi connectivity index (χ3n) is 1.71. The highest BCUT2D eigenvalue weighted by atomic mass is 19.4. The highest BCUT2D eigenvalue weighted by Crippen LogP contribution is 2.20. The van der Waals surface area contributed by atoms with Gasteiger partial charge >= 0.3 is 6.18 Å². The quantitative estimate of drug-likeness (QED) is 0.868. The van der Waals surface area contributed by atoms with Gasteiger partial charge in [-0.05, 0) is 6.92 Å². The number of nitrogens with zero attached hydrogens (tertiary/aromatic N) is 2. The minimum atomic E-state index is -4.21. The normalized spacial score (nSPS) is 11.3. The molecular formula is C9H12F3N3O. The van der Waals surface area contributed by atoms with Gasteiger partial charge in [0.15, 0.2) is 0 Å². The zero-order valence-corrected chi connectivity index (χ0v) is 8.93. The van der Waals surface area contributed by atoms with E-state index in [0.717, 1.165) is 0 Å². The monoisotopic (exact) mass is 235 g/mol. The van der Waals surface area contributed by atoms with Crippen LogP contribution in [-0.2, 0) is 0 Å². The molecule has 0 aliphatic rings. The Balaban J connectivity index is 2.57. The molecule has 1 rings (SSSR count). The van der Waals surface area contributed by atoms with Crippen molar-refractivity contribution in [2.24, 2.45) is 0 Å². The van der Waals surface area contributed by atoms with Crippen LogP contribution in [0.5, 0.6) is 5.88 Å². The average Bonchev–Trinajstić information content (AvgIpc) is 2.14. The summed E-state index contributed by atoms with van der Waals surface area (Å²) in [6.07, 6.45) is -5.21. The molecule has 90 valence electrons. The van der Waals surface area contributed by atoms with E-state index in [0.29, 0.717) is 11.6 Å². The van der Waals surface area contributed by atoms with Crippen molar-refractivity contribution in [3.05, 3.63) is 11.9 Å². The number of anilines is 1. The molecule has 7 heteroatoms. The number of ether oxygens (including phenoxy) is 1. The fourth-order valence-corrected chi connectivity index (χ4v) is 1.01. The van der Waals surface area contributed by atoms with Crippen LogP contribution >= 0.6 is 0 Å². The first-order valence-electron chi connectivity index (χ1n) is 4.64. The summed E-state index contributed by atoms with van der Waals surface area (Å²) in [4.78, 5) is 7.85. The Labute approximate surface area is 90.9 Å². The number of hydrogen-bond donors (Lipinski definition) is 1. The molecule has 1 heterocycles. The molecule has 0 spiro atoms. The Morgan fingerprint density at radius 3 is 2.62 bits per heavy atom. The first kappa shape index (κ1) is 12.5. The van der Waals surface area contributed by atoms with E-state index in [1.165, 1.54) is 6.07 Å². The Hall–Kier alpha value is -1.53. The molecule has 0 amide bonds. The smallest absolute Gasteiger partial charge is 0.392 e. The minimum absolute atomic E-state index is 0.140. The minimum Gasteiger partial charge on any atom is -0.477 e. The molecule has 16 heavy (non-hydrogen) atoms. The number of nitrogens with one attached hydrogen (secondary N) is 1. The molecule has 1 aromatic rings. The van der Waals surface area contributed by atoms with Gasteiger partial charge in [-0.25, -0.2) is 4.98 Å². The number of aromatic nitrogens is 2. The molecule has 4 nitrogen and oxygen atoms in total. The van der Waals surface area contributed by atoms with Crippen molar-refractivity contribution in [3.63, 3.8) is 0 Å². The third-order valence-corrected chi connectivity index (χ3v) is 1.71. The molecule has 0 radical (unpaired) electrons. The Bertz CT molecular complexity index is 354. The Kier molecular flexibility index (Phi) is 3.92. The summed E-state index contributed by atoms with van der Waals surface area (Å²) in [5.74, 6) is 1.09. The van der Waals surface area contributed by atoms with Gasteiger partial charge in [0.2, 0.25) is 5.88 Å². The van der Waals surface area contributed by atoms with Gasteiger partial charge in [0.1, 0.15) is 11.6 Å². The van der Waals surface area contributed by atoms with E-state index in [1.807, 2.05) is 0 Å². The van der Waals surface area contributed by atoms with Gasteiger partial charge in [0.05, 0.1) is 13.0 Å². The van der Waals surface area contributed by atoms with Crippen molar-refractivity contribution in [1.29, 1.82) is 0 Å². The molecule has 0 bridgehead atoms. The van der Waals surface area contributed by atoms with Crippen LogP contribution in [0, 0.1) is 6.92 Å². The maximum absolute atomic E-state index is 11.9. The van der Waals surface area contributed by atoms with E-state index < -0.39 is 19.2 Å². The zero-order chi connectivity index (χ0) is 12.2. The van der Waals surface area contributed by atoms with E-state index in [1.54, 1.807) is 14.0 Å². The molecule has 0 atom stereocenters. The van der Waals surface area contributed by atoms with Crippen LogP contribution in [-0.4, -0.2) is 29.8 Å². The standard InChI is InChI=1S/C9H12F3N3O/c1-6-14-7(13-2)5-8(15-6)16-4-3-9(10,11)12/h5H,3-4H2,1-2H3,(H,13,14,15). The molecular weight excluding hydrogens is 223 g/mol. The van der Waals surface area contributed by atoms with Crippen LogP contribution in [0.25, 0.3) is 0 Å². The molecule has 0 fully saturated rings. The van der Waals surface area contributed by atoms with E-state index >= 15 is 0 Å². The first-order valence-corrected chi connectivity index (χ1v) is 4.64. The molecule has 0 saturated carbocycles. The lowest BCUT2D eigenvalue weighted by Gasteiger charge is -2.09. The van der Waals surface area contributed by atoms with Crippen molar-refractivity contribution in [3.8, 4) is 5.88 Å². The van der Waals surface area contributed by atoms with Gasteiger partial charge in [0.25, 0.3) is 0 Å². The molecule has 0 saturated heterocycles. The highest BCUT2D eigenvalue weighted by Gasteiger charge is 2.26. The van der Waals surface area contributed by atoms with Crippen molar-refractivity contribution in [2.75, 3.05) is 19.0 Å². The predicted molar refractivity (Wildman–Crippen MR) is 52.5 cm³/mol. The van der Waals surface area contributed by atoms with Crippen molar-refractivity contribution in [1.82, 2.24) is 9.97 Å². The van der Waals surface area contributed by atoms with Crippen molar-refractivity contribution in [2.45, 2.75) is 19.5 Å². The average molecular weight is 235 g/mol. The summed E-state index contributed by atoms with van der Waals surface area (Å²) in [6, 6.07) is 1.45. The van der Waals surface area contributed by atoms with E-state index in [4.69, 9.17) is 4.74 Å². The van der Waals surface area contributed by atoms with Gasteiger partial charge in [-0.3, -0.25) is 0 Å². The Morgan fingerprint density at radius 2 is 2.06 bits per heavy atom. The van der Waals surface area contributed by atoms with Gasteiger partial charge < -0.3 is 10.1 Å². The highest BCUT2D eigenvalue weighted by molar-refractivity contribution is 5.37. The van der Waals surface area contributed by atoms with Crippen molar-refractivity contribution < 1.29 is 17.9 Å². The molecule has 0 unspecified atom stereocenters. The molecule has 1 N–H and O–H groups in total. The number of halogens is 3. The largest absolute Gasteiger partial charge is 0.477 e. The van der Waals surface area contributed by atoms with E-state index in [-0.39, 0.29) is 5.88 Å².